The molecule has 1 aromatic heterocycles. The molecule has 0 spiro atoms. The summed E-state index contributed by atoms with van der Waals surface area (Å²) in [7, 11) is 0. The molecule has 0 atom stereocenters. The normalized spacial score (nSPS) is 10.1. The lowest BCUT2D eigenvalue weighted by molar-refractivity contribution is 0.105. The number of ketones is 1. The minimum absolute atomic E-state index is 0.137. The molecule has 0 bridgehead atoms. The van der Waals surface area contributed by atoms with Crippen molar-refractivity contribution < 1.29 is 9.18 Å². The molecule has 3 nitrogen and oxygen atoms in total. The molecule has 0 N–H and O–H groups in total. The number of halogens is 2. The summed E-state index contributed by atoms with van der Waals surface area (Å²) in [6, 6.07) is 5.20. The van der Waals surface area contributed by atoms with E-state index in [1.54, 1.807) is 0 Å². The average Bonchev–Trinajstić information content (AvgIpc) is 2.39. The van der Waals surface area contributed by atoms with Crippen molar-refractivity contribution in [1.29, 1.82) is 0 Å². The Morgan fingerprint density at radius 3 is 2.28 bits per heavy atom. The smallest absolute Gasteiger partial charge is 0.196 e. The van der Waals surface area contributed by atoms with Crippen molar-refractivity contribution in [2.45, 2.75) is 0 Å². The molecule has 0 fully saturated rings. The lowest BCUT2D eigenvalue weighted by atomic mass is 10.0. The number of carbonyl (C=O) groups excluding carboxylic acids is 1. The van der Waals surface area contributed by atoms with Crippen LogP contribution >= 0.6 is 11.6 Å². The molecule has 0 aliphatic carbocycles. The zero-order chi connectivity index (χ0) is 13.1. The van der Waals surface area contributed by atoms with Gasteiger partial charge in [0.25, 0.3) is 0 Å². The Balaban J connectivity index is 2.26. The zero-order valence-electron chi connectivity index (χ0n) is 9.23. The first-order valence-electron chi connectivity index (χ1n) is 5.05. The van der Waals surface area contributed by atoms with Crippen molar-refractivity contribution in [3.63, 3.8) is 0 Å². The molecule has 2 rings (SSSR count). The molecule has 2 aromatic rings. The third-order valence-corrected chi connectivity index (χ3v) is 2.47. The molecule has 0 aliphatic heterocycles. The van der Waals surface area contributed by atoms with Crippen molar-refractivity contribution in [2.24, 2.45) is 0 Å². The molecule has 0 amide bonds. The molecule has 90 valence electrons. The Bertz CT molecular complexity index is 538. The average molecular weight is 263 g/mol. The van der Waals surface area contributed by atoms with E-state index in [2.05, 4.69) is 16.5 Å². The number of allylic oxidation sites excluding steroid dienone is 1. The highest BCUT2D eigenvalue weighted by Crippen LogP contribution is 2.16. The first kappa shape index (κ1) is 12.4. The first-order chi connectivity index (χ1) is 8.58. The van der Waals surface area contributed by atoms with Gasteiger partial charge in [0.2, 0.25) is 0 Å². The van der Waals surface area contributed by atoms with E-state index in [0.717, 1.165) is 0 Å². The number of carbonyl (C=O) groups is 1. The summed E-state index contributed by atoms with van der Waals surface area (Å²) in [5, 5.41) is 0.376. The number of hydrogen-bond acceptors (Lipinski definition) is 3. The Labute approximate surface area is 108 Å². The molecule has 5 heteroatoms. The molecular weight excluding hydrogens is 255 g/mol. The molecule has 1 heterocycles. The number of aromatic nitrogens is 2. The van der Waals surface area contributed by atoms with Gasteiger partial charge in [-0.05, 0) is 24.3 Å². The van der Waals surface area contributed by atoms with E-state index in [4.69, 9.17) is 11.6 Å². The Hall–Kier alpha value is -2.07. The van der Waals surface area contributed by atoms with Crippen molar-refractivity contribution in [3.8, 4) is 0 Å². The second kappa shape index (κ2) is 5.06. The highest BCUT2D eigenvalue weighted by atomic mass is 35.5. The van der Waals surface area contributed by atoms with Crippen molar-refractivity contribution in [3.05, 3.63) is 65.5 Å². The standard InChI is InChI=1S/C13H8ClFN2O/c1-8(13-16-6-10(14)7-17-13)12(18)9-2-4-11(15)5-3-9/h2-7H,1H2. The fraction of sp³-hybridized carbons (Fsp3) is 0. The summed E-state index contributed by atoms with van der Waals surface area (Å²) in [5.74, 6) is -0.550. The molecule has 0 saturated heterocycles. The van der Waals surface area contributed by atoms with Crippen LogP contribution in [0.15, 0.2) is 43.2 Å². The summed E-state index contributed by atoms with van der Waals surface area (Å²) in [6.45, 7) is 3.64. The summed E-state index contributed by atoms with van der Waals surface area (Å²) in [4.78, 5) is 19.8. The fourth-order valence-corrected chi connectivity index (χ4v) is 1.44. The van der Waals surface area contributed by atoms with Gasteiger partial charge >= 0.3 is 0 Å². The number of hydrogen-bond donors (Lipinski definition) is 0. The van der Waals surface area contributed by atoms with Crippen molar-refractivity contribution >= 4 is 23.0 Å². The van der Waals surface area contributed by atoms with E-state index < -0.39 is 5.82 Å². The summed E-state index contributed by atoms with van der Waals surface area (Å²) in [6.07, 6.45) is 2.76. The van der Waals surface area contributed by atoms with Gasteiger partial charge in [-0.1, -0.05) is 18.2 Å². The SMILES string of the molecule is C=C(C(=O)c1ccc(F)cc1)c1ncc(Cl)cn1. The summed E-state index contributed by atoms with van der Waals surface area (Å²) >= 11 is 5.65. The topological polar surface area (TPSA) is 42.9 Å². The second-order valence-corrected chi connectivity index (χ2v) is 3.98. The number of rotatable bonds is 3. The van der Waals surface area contributed by atoms with Gasteiger partial charge in [-0.3, -0.25) is 4.79 Å². The van der Waals surface area contributed by atoms with Crippen molar-refractivity contribution in [2.75, 3.05) is 0 Å². The molecule has 0 radical (unpaired) electrons. The predicted octanol–water partition coefficient (Wildman–Crippen LogP) is 3.17. The van der Waals surface area contributed by atoms with Crippen LogP contribution in [-0.2, 0) is 0 Å². The lowest BCUT2D eigenvalue weighted by Crippen LogP contribution is -2.05. The van der Waals surface area contributed by atoms with Crippen LogP contribution < -0.4 is 0 Å². The number of benzene rings is 1. The van der Waals surface area contributed by atoms with E-state index in [9.17, 15) is 9.18 Å². The lowest BCUT2D eigenvalue weighted by Gasteiger charge is -2.03. The second-order valence-electron chi connectivity index (χ2n) is 3.54. The molecular formula is C13H8ClFN2O. The Morgan fingerprint density at radius 1 is 1.17 bits per heavy atom. The molecule has 0 unspecified atom stereocenters. The third-order valence-electron chi connectivity index (χ3n) is 2.27. The number of nitrogens with zero attached hydrogens (tertiary/aromatic N) is 2. The molecule has 18 heavy (non-hydrogen) atoms. The minimum Gasteiger partial charge on any atom is -0.288 e. The van der Waals surface area contributed by atoms with Crippen LogP contribution in [0.2, 0.25) is 5.02 Å². The van der Waals surface area contributed by atoms with Gasteiger partial charge in [-0.15, -0.1) is 0 Å². The van der Waals surface area contributed by atoms with E-state index in [-0.39, 0.29) is 17.2 Å². The minimum atomic E-state index is -0.403. The molecule has 0 aliphatic rings. The number of Topliss-reactive ketones (excluding diaryl/α,β-unsaturated/α-hetero) is 1. The highest BCUT2D eigenvalue weighted by molar-refractivity contribution is 6.30. The molecule has 1 aromatic carbocycles. The van der Waals surface area contributed by atoms with Gasteiger partial charge in [0.05, 0.1) is 10.6 Å². The zero-order valence-corrected chi connectivity index (χ0v) is 9.99. The van der Waals surface area contributed by atoms with E-state index >= 15 is 0 Å². The van der Waals surface area contributed by atoms with Crippen LogP contribution in [0.3, 0.4) is 0 Å². The maximum atomic E-state index is 12.7. The highest BCUT2D eigenvalue weighted by Gasteiger charge is 2.14. The third kappa shape index (κ3) is 2.60. The largest absolute Gasteiger partial charge is 0.288 e. The van der Waals surface area contributed by atoms with E-state index in [1.165, 1.54) is 36.7 Å². The van der Waals surface area contributed by atoms with Crippen LogP contribution in [-0.4, -0.2) is 15.8 Å². The van der Waals surface area contributed by atoms with Crippen LogP contribution in [0.1, 0.15) is 16.2 Å². The van der Waals surface area contributed by atoms with Crippen LogP contribution in [0.25, 0.3) is 5.57 Å². The van der Waals surface area contributed by atoms with Crippen LogP contribution in [0, 0.1) is 5.82 Å². The van der Waals surface area contributed by atoms with Gasteiger partial charge < -0.3 is 0 Å². The summed E-state index contributed by atoms with van der Waals surface area (Å²) in [5.41, 5.74) is 0.471. The predicted molar refractivity (Wildman–Crippen MR) is 66.8 cm³/mol. The van der Waals surface area contributed by atoms with Gasteiger partial charge in [0.15, 0.2) is 11.6 Å². The first-order valence-corrected chi connectivity index (χ1v) is 5.43. The maximum absolute atomic E-state index is 12.7. The van der Waals surface area contributed by atoms with Gasteiger partial charge in [0.1, 0.15) is 5.82 Å². The Kier molecular flexibility index (Phi) is 3.48. The summed E-state index contributed by atoms with van der Waals surface area (Å²) < 4.78 is 12.7. The van der Waals surface area contributed by atoms with Crippen molar-refractivity contribution in [1.82, 2.24) is 9.97 Å². The quantitative estimate of drug-likeness (QED) is 0.630. The maximum Gasteiger partial charge on any atom is 0.196 e. The fourth-order valence-electron chi connectivity index (χ4n) is 1.35. The monoisotopic (exact) mass is 262 g/mol. The van der Waals surface area contributed by atoms with Crippen LogP contribution in [0.4, 0.5) is 4.39 Å². The van der Waals surface area contributed by atoms with E-state index in [0.29, 0.717) is 10.6 Å². The Morgan fingerprint density at radius 2 is 1.72 bits per heavy atom. The van der Waals surface area contributed by atoms with Gasteiger partial charge in [0, 0.05) is 18.0 Å². The molecule has 0 saturated carbocycles. The van der Waals surface area contributed by atoms with E-state index in [1.807, 2.05) is 0 Å². The van der Waals surface area contributed by atoms with Crippen LogP contribution in [0.5, 0.6) is 0 Å². The van der Waals surface area contributed by atoms with Gasteiger partial charge in [-0.2, -0.15) is 0 Å². The van der Waals surface area contributed by atoms with Gasteiger partial charge in [-0.25, -0.2) is 14.4 Å².